The molecule has 2 nitrogen and oxygen atoms in total. The van der Waals surface area contributed by atoms with Crippen molar-refractivity contribution in [1.29, 1.82) is 0 Å². The first-order valence-electron chi connectivity index (χ1n) is 5.07. The molecule has 0 saturated heterocycles. The van der Waals surface area contributed by atoms with Crippen molar-refractivity contribution in [2.24, 2.45) is 0 Å². The number of rotatable bonds is 2. The molecule has 0 aliphatic heterocycles. The minimum Gasteiger partial charge on any atom is -0.399 e. The maximum Gasteiger partial charge on any atom is 0.0639 e. The second-order valence-electron chi connectivity index (χ2n) is 3.87. The van der Waals surface area contributed by atoms with Gasteiger partial charge in [-0.3, -0.25) is 0 Å². The Hall–Kier alpha value is -0.890. The summed E-state index contributed by atoms with van der Waals surface area (Å²) in [5.74, 6) is 0. The zero-order valence-electron chi connectivity index (χ0n) is 8.09. The van der Waals surface area contributed by atoms with Gasteiger partial charge in [0.05, 0.1) is 10.7 Å². The maximum absolute atomic E-state index is 6.06. The largest absolute Gasteiger partial charge is 0.399 e. The number of hydrogen-bond donors (Lipinski definition) is 2. The maximum atomic E-state index is 6.06. The first kappa shape index (κ1) is 9.66. The van der Waals surface area contributed by atoms with Gasteiger partial charge in [0.15, 0.2) is 0 Å². The van der Waals surface area contributed by atoms with E-state index in [1.165, 1.54) is 25.7 Å². The minimum atomic E-state index is 0.578. The zero-order chi connectivity index (χ0) is 9.97. The van der Waals surface area contributed by atoms with E-state index in [-0.39, 0.29) is 0 Å². The van der Waals surface area contributed by atoms with Gasteiger partial charge in [0.25, 0.3) is 0 Å². The first-order valence-corrected chi connectivity index (χ1v) is 5.45. The van der Waals surface area contributed by atoms with Crippen LogP contribution in [0.2, 0.25) is 5.02 Å². The summed E-state index contributed by atoms with van der Waals surface area (Å²) in [6.45, 7) is 0. The monoisotopic (exact) mass is 210 g/mol. The second-order valence-corrected chi connectivity index (χ2v) is 4.27. The summed E-state index contributed by atoms with van der Waals surface area (Å²) >= 11 is 6.06. The molecule has 0 amide bonds. The lowest BCUT2D eigenvalue weighted by molar-refractivity contribution is 0.756. The van der Waals surface area contributed by atoms with Crippen LogP contribution in [-0.2, 0) is 0 Å². The molecular formula is C11H15ClN2. The number of halogens is 1. The average Bonchev–Trinajstić information content (AvgIpc) is 2.64. The summed E-state index contributed by atoms with van der Waals surface area (Å²) in [5.41, 5.74) is 7.43. The summed E-state index contributed by atoms with van der Waals surface area (Å²) in [6.07, 6.45) is 5.12. The van der Waals surface area contributed by atoms with E-state index in [1.54, 1.807) is 0 Å². The van der Waals surface area contributed by atoms with E-state index in [2.05, 4.69) is 5.32 Å². The summed E-state index contributed by atoms with van der Waals surface area (Å²) in [7, 11) is 0. The SMILES string of the molecule is Nc1ccc(Cl)c(NC2CCCC2)c1. The quantitative estimate of drug-likeness (QED) is 0.736. The highest BCUT2D eigenvalue weighted by Gasteiger charge is 2.15. The van der Waals surface area contributed by atoms with E-state index >= 15 is 0 Å². The van der Waals surface area contributed by atoms with Crippen molar-refractivity contribution < 1.29 is 0 Å². The van der Waals surface area contributed by atoms with Crippen molar-refractivity contribution in [3.63, 3.8) is 0 Å². The van der Waals surface area contributed by atoms with Crippen molar-refractivity contribution in [1.82, 2.24) is 0 Å². The summed E-state index contributed by atoms with van der Waals surface area (Å²) in [5, 5.41) is 4.19. The molecule has 0 atom stereocenters. The molecule has 76 valence electrons. The van der Waals surface area contributed by atoms with Crippen molar-refractivity contribution in [2.45, 2.75) is 31.7 Å². The third kappa shape index (κ3) is 2.13. The van der Waals surface area contributed by atoms with E-state index in [0.717, 1.165) is 16.4 Å². The topological polar surface area (TPSA) is 38.0 Å². The van der Waals surface area contributed by atoms with Crippen LogP contribution in [0.25, 0.3) is 0 Å². The predicted molar refractivity (Wildman–Crippen MR) is 61.7 cm³/mol. The van der Waals surface area contributed by atoms with E-state index in [1.807, 2.05) is 18.2 Å². The fourth-order valence-electron chi connectivity index (χ4n) is 1.94. The van der Waals surface area contributed by atoms with Gasteiger partial charge in [-0.1, -0.05) is 24.4 Å². The van der Waals surface area contributed by atoms with E-state index in [0.29, 0.717) is 6.04 Å². The Morgan fingerprint density at radius 2 is 2.00 bits per heavy atom. The van der Waals surface area contributed by atoms with Crippen molar-refractivity contribution >= 4 is 23.0 Å². The Labute approximate surface area is 89.4 Å². The zero-order valence-corrected chi connectivity index (χ0v) is 8.85. The highest BCUT2D eigenvalue weighted by atomic mass is 35.5. The van der Waals surface area contributed by atoms with E-state index < -0.39 is 0 Å². The Morgan fingerprint density at radius 3 is 2.71 bits per heavy atom. The molecule has 0 aromatic heterocycles. The molecule has 0 unspecified atom stereocenters. The Balaban J connectivity index is 2.10. The lowest BCUT2D eigenvalue weighted by Gasteiger charge is -2.15. The number of benzene rings is 1. The normalized spacial score (nSPS) is 17.2. The van der Waals surface area contributed by atoms with Crippen LogP contribution in [0.1, 0.15) is 25.7 Å². The van der Waals surface area contributed by atoms with Crippen LogP contribution in [0.5, 0.6) is 0 Å². The highest BCUT2D eigenvalue weighted by molar-refractivity contribution is 6.33. The molecule has 0 heterocycles. The van der Waals surface area contributed by atoms with Crippen LogP contribution >= 0.6 is 11.6 Å². The number of nitrogens with one attached hydrogen (secondary N) is 1. The molecule has 14 heavy (non-hydrogen) atoms. The van der Waals surface area contributed by atoms with Gasteiger partial charge >= 0.3 is 0 Å². The van der Waals surface area contributed by atoms with Crippen LogP contribution < -0.4 is 11.1 Å². The smallest absolute Gasteiger partial charge is 0.0639 e. The molecule has 3 N–H and O–H groups in total. The van der Waals surface area contributed by atoms with Crippen LogP contribution in [0.4, 0.5) is 11.4 Å². The number of hydrogen-bond acceptors (Lipinski definition) is 2. The fourth-order valence-corrected chi connectivity index (χ4v) is 2.12. The summed E-state index contributed by atoms with van der Waals surface area (Å²) in [4.78, 5) is 0. The predicted octanol–water partition coefficient (Wildman–Crippen LogP) is 3.28. The van der Waals surface area contributed by atoms with Crippen LogP contribution in [-0.4, -0.2) is 6.04 Å². The van der Waals surface area contributed by atoms with Gasteiger partial charge in [0.1, 0.15) is 0 Å². The molecule has 1 fully saturated rings. The molecule has 1 aromatic rings. The third-order valence-corrected chi connectivity index (χ3v) is 3.03. The van der Waals surface area contributed by atoms with Gasteiger partial charge in [0, 0.05) is 11.7 Å². The Morgan fingerprint density at radius 1 is 1.29 bits per heavy atom. The second kappa shape index (κ2) is 4.09. The molecule has 1 aromatic carbocycles. The number of nitrogens with two attached hydrogens (primary N) is 1. The fraction of sp³-hybridized carbons (Fsp3) is 0.455. The van der Waals surface area contributed by atoms with Crippen LogP contribution in [0.3, 0.4) is 0 Å². The van der Waals surface area contributed by atoms with Crippen molar-refractivity contribution in [3.05, 3.63) is 23.2 Å². The van der Waals surface area contributed by atoms with Gasteiger partial charge in [-0.2, -0.15) is 0 Å². The third-order valence-electron chi connectivity index (χ3n) is 2.71. The number of nitrogen functional groups attached to an aromatic ring is 1. The molecule has 2 rings (SSSR count). The molecule has 1 aliphatic rings. The van der Waals surface area contributed by atoms with Crippen molar-refractivity contribution in [3.8, 4) is 0 Å². The lowest BCUT2D eigenvalue weighted by Crippen LogP contribution is -2.14. The molecule has 0 spiro atoms. The molecular weight excluding hydrogens is 196 g/mol. The Bertz CT molecular complexity index is 319. The molecule has 0 radical (unpaired) electrons. The van der Waals surface area contributed by atoms with Crippen molar-refractivity contribution in [2.75, 3.05) is 11.1 Å². The van der Waals surface area contributed by atoms with Crippen LogP contribution in [0, 0.1) is 0 Å². The lowest BCUT2D eigenvalue weighted by atomic mass is 10.2. The molecule has 3 heteroatoms. The standard InChI is InChI=1S/C11H15ClN2/c12-10-6-5-8(13)7-11(10)14-9-3-1-2-4-9/h5-7,9,14H,1-4,13H2. The van der Waals surface area contributed by atoms with E-state index in [4.69, 9.17) is 17.3 Å². The minimum absolute atomic E-state index is 0.578. The Kier molecular flexibility index (Phi) is 2.82. The van der Waals surface area contributed by atoms with Gasteiger partial charge in [0.2, 0.25) is 0 Å². The van der Waals surface area contributed by atoms with Gasteiger partial charge in [-0.25, -0.2) is 0 Å². The first-order chi connectivity index (χ1) is 6.75. The average molecular weight is 211 g/mol. The molecule has 1 saturated carbocycles. The van der Waals surface area contributed by atoms with E-state index in [9.17, 15) is 0 Å². The highest BCUT2D eigenvalue weighted by Crippen LogP contribution is 2.28. The van der Waals surface area contributed by atoms with Gasteiger partial charge < -0.3 is 11.1 Å². The molecule has 1 aliphatic carbocycles. The summed E-state index contributed by atoms with van der Waals surface area (Å²) < 4.78 is 0. The van der Waals surface area contributed by atoms with Gasteiger partial charge in [-0.15, -0.1) is 0 Å². The summed E-state index contributed by atoms with van der Waals surface area (Å²) in [6, 6.07) is 6.14. The van der Waals surface area contributed by atoms with Crippen LogP contribution in [0.15, 0.2) is 18.2 Å². The van der Waals surface area contributed by atoms with Gasteiger partial charge in [-0.05, 0) is 31.0 Å². The molecule has 0 bridgehead atoms. The number of anilines is 2.